The van der Waals surface area contributed by atoms with Crippen LogP contribution in [0.15, 0.2) is 88.2 Å². The van der Waals surface area contributed by atoms with Gasteiger partial charge in [-0.05, 0) is 93.5 Å². The fourth-order valence-corrected chi connectivity index (χ4v) is 9.51. The van der Waals surface area contributed by atoms with Gasteiger partial charge >= 0.3 is 5.97 Å². The van der Waals surface area contributed by atoms with Crippen molar-refractivity contribution < 1.29 is 28.6 Å². The molecule has 0 aromatic heterocycles. The monoisotopic (exact) mass is 592 g/mol. The molecule has 0 saturated heterocycles. The molecular formula is C33H33FO5S2. The highest BCUT2D eigenvalue weighted by Gasteiger charge is 2.75. The first kappa shape index (κ1) is 28.4. The largest absolute Gasteiger partial charge is 0.446 e. The first-order valence-electron chi connectivity index (χ1n) is 14.1. The minimum atomic E-state index is -2.02. The fraction of sp³-hybridized carbons (Fsp3) is 0.424. The third-order valence-corrected chi connectivity index (χ3v) is 11.8. The lowest BCUT2D eigenvalue weighted by Crippen LogP contribution is -2.69. The van der Waals surface area contributed by atoms with Gasteiger partial charge in [0.2, 0.25) is 5.12 Å². The van der Waals surface area contributed by atoms with E-state index < -0.39 is 45.2 Å². The molecule has 214 valence electrons. The Balaban J connectivity index is 1.29. The van der Waals surface area contributed by atoms with E-state index in [2.05, 4.69) is 12.6 Å². The summed E-state index contributed by atoms with van der Waals surface area (Å²) < 4.78 is 23.5. The van der Waals surface area contributed by atoms with Crippen LogP contribution in [0.4, 0.5) is 4.39 Å². The average Bonchev–Trinajstić information content (AvgIpc) is 3.23. The predicted octanol–water partition coefficient (Wildman–Crippen LogP) is 6.56. The van der Waals surface area contributed by atoms with Crippen molar-refractivity contribution in [3.63, 3.8) is 0 Å². The summed E-state index contributed by atoms with van der Waals surface area (Å²) in [5.41, 5.74) is -4.78. The van der Waals surface area contributed by atoms with Gasteiger partial charge in [0.25, 0.3) is 0 Å². The Morgan fingerprint density at radius 3 is 2.39 bits per heavy atom. The molecule has 41 heavy (non-hydrogen) atoms. The number of ketones is 1. The van der Waals surface area contributed by atoms with Crippen LogP contribution in [0.3, 0.4) is 0 Å². The molecule has 1 unspecified atom stereocenters. The van der Waals surface area contributed by atoms with E-state index in [1.165, 1.54) is 12.2 Å². The number of carbonyl (C=O) groups is 3. The summed E-state index contributed by atoms with van der Waals surface area (Å²) in [4.78, 5) is 40.9. The van der Waals surface area contributed by atoms with Crippen molar-refractivity contribution in [3.05, 3.63) is 84.0 Å². The molecule has 0 heterocycles. The number of aliphatic hydroxyl groups excluding tert-OH is 1. The summed E-state index contributed by atoms with van der Waals surface area (Å²) in [7, 11) is 0. The number of thiol groups is 1. The maximum Gasteiger partial charge on any atom is 0.339 e. The summed E-state index contributed by atoms with van der Waals surface area (Å²) >= 11 is 5.79. The van der Waals surface area contributed by atoms with Crippen LogP contribution in [0.1, 0.15) is 56.3 Å². The Bertz CT molecular complexity index is 1470. The lowest BCUT2D eigenvalue weighted by molar-refractivity contribution is -0.214. The van der Waals surface area contributed by atoms with Gasteiger partial charge in [-0.15, -0.1) is 12.6 Å². The number of hydrogen-bond donors (Lipinski definition) is 2. The molecule has 4 aliphatic carbocycles. The number of hydrogen-bond acceptors (Lipinski definition) is 6. The van der Waals surface area contributed by atoms with Crippen molar-refractivity contribution in [2.45, 2.75) is 73.1 Å². The smallest absolute Gasteiger partial charge is 0.339 e. The molecular weight excluding hydrogens is 559 g/mol. The molecule has 7 atom stereocenters. The van der Waals surface area contributed by atoms with Crippen molar-refractivity contribution in [2.75, 3.05) is 0 Å². The van der Waals surface area contributed by atoms with E-state index in [1.54, 1.807) is 36.9 Å². The van der Waals surface area contributed by atoms with Crippen molar-refractivity contribution >= 4 is 41.3 Å². The number of benzene rings is 2. The Morgan fingerprint density at radius 1 is 1.02 bits per heavy atom. The summed E-state index contributed by atoms with van der Waals surface area (Å²) in [5.74, 6) is -1.73. The molecule has 8 heteroatoms. The summed E-state index contributed by atoms with van der Waals surface area (Å²) in [6, 6.07) is 16.9. The number of carbonyl (C=O) groups excluding carboxylic acids is 3. The Morgan fingerprint density at radius 2 is 1.71 bits per heavy atom. The number of rotatable bonds is 5. The van der Waals surface area contributed by atoms with Crippen LogP contribution < -0.4 is 0 Å². The number of esters is 1. The van der Waals surface area contributed by atoms with Crippen molar-refractivity contribution in [2.24, 2.45) is 22.7 Å². The molecule has 3 saturated carbocycles. The van der Waals surface area contributed by atoms with Gasteiger partial charge in [0.15, 0.2) is 17.1 Å². The standard InChI is InChI=1S/C33H33FO5S2/c1-30-16-14-22(35)18-21(30)10-13-26-25-15-17-32(29(38)40,31(25,2)19-27(36)33(26,30)34)39-28(37)20-8-11-24(12-9-20)41-23-6-4-3-5-7-23/h3-9,11-12,14,16,18,25-27,36H,10,13,15,17,19H2,1-2H3,(H,38,40)/t25-,26-,27-,30-,31-,32+,33?/m0/s1. The number of ether oxygens (including phenoxy) is 1. The minimum Gasteiger partial charge on any atom is -0.446 e. The normalized spacial score (nSPS) is 37.4. The van der Waals surface area contributed by atoms with Crippen LogP contribution in [0.5, 0.6) is 0 Å². The second kappa shape index (κ2) is 9.96. The third kappa shape index (κ3) is 4.12. The topological polar surface area (TPSA) is 80.7 Å². The van der Waals surface area contributed by atoms with Crippen molar-refractivity contribution in [3.8, 4) is 0 Å². The predicted molar refractivity (Wildman–Crippen MR) is 158 cm³/mol. The maximum absolute atomic E-state index is 17.4. The van der Waals surface area contributed by atoms with Crippen LogP contribution >= 0.6 is 24.4 Å². The summed E-state index contributed by atoms with van der Waals surface area (Å²) in [6.45, 7) is 3.59. The van der Waals surface area contributed by atoms with E-state index in [9.17, 15) is 19.5 Å². The van der Waals surface area contributed by atoms with Gasteiger partial charge in [-0.2, -0.15) is 0 Å². The quantitative estimate of drug-likeness (QED) is 0.302. The average molecular weight is 593 g/mol. The molecule has 1 N–H and O–H groups in total. The second-order valence-electron chi connectivity index (χ2n) is 12.3. The Labute approximate surface area is 249 Å². The van der Waals surface area contributed by atoms with Gasteiger partial charge in [-0.1, -0.05) is 48.5 Å². The number of alkyl halides is 1. The van der Waals surface area contributed by atoms with Crippen LogP contribution in [0.25, 0.3) is 0 Å². The van der Waals surface area contributed by atoms with Gasteiger partial charge < -0.3 is 9.84 Å². The molecule has 0 aliphatic heterocycles. The fourth-order valence-electron chi connectivity index (χ4n) is 8.26. The zero-order valence-corrected chi connectivity index (χ0v) is 24.7. The molecule has 0 bridgehead atoms. The van der Waals surface area contributed by atoms with Crippen molar-refractivity contribution in [1.82, 2.24) is 0 Å². The van der Waals surface area contributed by atoms with Crippen molar-refractivity contribution in [1.29, 1.82) is 0 Å². The molecule has 2 aromatic carbocycles. The van der Waals surface area contributed by atoms with E-state index >= 15 is 4.39 Å². The van der Waals surface area contributed by atoms with Gasteiger partial charge in [0.05, 0.1) is 11.7 Å². The van der Waals surface area contributed by atoms with Gasteiger partial charge in [0.1, 0.15) is 0 Å². The summed E-state index contributed by atoms with van der Waals surface area (Å²) in [5, 5.41) is 11.0. The molecule has 4 aliphatic rings. The summed E-state index contributed by atoms with van der Waals surface area (Å²) in [6.07, 6.45) is 4.61. The highest BCUT2D eigenvalue weighted by atomic mass is 32.2. The van der Waals surface area contributed by atoms with Gasteiger partial charge in [-0.25, -0.2) is 9.18 Å². The SMILES string of the molecule is C[C@]12C=CC(=O)C=C1CC[C@H]1[C@@H]3CC[C@@](OC(=O)c4ccc(Sc5ccccc5)cc4)(C(=O)S)[C@@]3(C)C[C@H](O)C12F. The van der Waals surface area contributed by atoms with Crippen LogP contribution in [-0.2, 0) is 14.3 Å². The molecule has 5 nitrogen and oxygen atoms in total. The number of allylic oxidation sites excluding steroid dienone is 4. The zero-order valence-electron chi connectivity index (χ0n) is 23.0. The highest BCUT2D eigenvalue weighted by molar-refractivity contribution is 7.99. The lowest BCUT2D eigenvalue weighted by Gasteiger charge is -2.62. The minimum absolute atomic E-state index is 0.0679. The van der Waals surface area contributed by atoms with Crippen LogP contribution in [0.2, 0.25) is 0 Å². The molecule has 6 rings (SSSR count). The molecule has 2 aromatic rings. The third-order valence-electron chi connectivity index (χ3n) is 10.4. The van der Waals surface area contributed by atoms with Gasteiger partial charge in [-0.3, -0.25) is 9.59 Å². The van der Waals surface area contributed by atoms with Crippen LogP contribution in [-0.4, -0.2) is 39.3 Å². The first-order chi connectivity index (χ1) is 19.4. The van der Waals surface area contributed by atoms with E-state index in [-0.39, 0.29) is 24.5 Å². The number of aliphatic hydroxyl groups is 1. The highest BCUT2D eigenvalue weighted by Crippen LogP contribution is 2.70. The van der Waals surface area contributed by atoms with Crippen LogP contribution in [0, 0.1) is 22.7 Å². The van der Waals surface area contributed by atoms with E-state index in [0.29, 0.717) is 30.4 Å². The molecule has 0 amide bonds. The number of fused-ring (bicyclic) bond motifs is 5. The Kier molecular flexibility index (Phi) is 6.91. The van der Waals surface area contributed by atoms with E-state index in [0.717, 1.165) is 9.79 Å². The molecule has 0 spiro atoms. The lowest BCUT2D eigenvalue weighted by atomic mass is 9.45. The zero-order chi connectivity index (χ0) is 29.2. The van der Waals surface area contributed by atoms with E-state index in [1.807, 2.05) is 49.4 Å². The first-order valence-corrected chi connectivity index (χ1v) is 15.3. The Hall–Kier alpha value is -2.68. The maximum atomic E-state index is 17.4. The van der Waals surface area contributed by atoms with Gasteiger partial charge in [0, 0.05) is 26.5 Å². The molecule has 0 radical (unpaired) electrons. The second-order valence-corrected chi connectivity index (χ2v) is 13.8. The van der Waals surface area contributed by atoms with E-state index in [4.69, 9.17) is 4.74 Å². The molecule has 3 fully saturated rings. The number of halogens is 1.